The van der Waals surface area contributed by atoms with Crippen LogP contribution in [0, 0.1) is 17.3 Å². The fraction of sp³-hybridized carbons (Fsp3) is 1.00. The highest BCUT2D eigenvalue weighted by Crippen LogP contribution is 2.38. The highest BCUT2D eigenvalue weighted by Gasteiger charge is 2.36. The van der Waals surface area contributed by atoms with E-state index in [2.05, 4.69) is 24.1 Å². The number of likely N-dealkylation sites (tertiary alicyclic amines) is 1. The van der Waals surface area contributed by atoms with Crippen molar-refractivity contribution in [2.75, 3.05) is 26.2 Å². The van der Waals surface area contributed by atoms with Gasteiger partial charge >= 0.3 is 0 Å². The molecule has 3 fully saturated rings. The van der Waals surface area contributed by atoms with Gasteiger partial charge in [-0.25, -0.2) is 0 Å². The Bertz CT molecular complexity index is 295. The summed E-state index contributed by atoms with van der Waals surface area (Å²) in [5.41, 5.74) is 0.595. The van der Waals surface area contributed by atoms with E-state index in [1.807, 2.05) is 0 Å². The van der Waals surface area contributed by atoms with Crippen molar-refractivity contribution in [1.29, 1.82) is 0 Å². The van der Waals surface area contributed by atoms with Crippen molar-refractivity contribution in [2.24, 2.45) is 17.3 Å². The van der Waals surface area contributed by atoms with E-state index in [0.29, 0.717) is 5.41 Å². The van der Waals surface area contributed by atoms with Gasteiger partial charge < -0.3 is 10.2 Å². The molecule has 3 aliphatic rings. The van der Waals surface area contributed by atoms with Crippen LogP contribution in [-0.4, -0.2) is 37.1 Å². The molecule has 0 aromatic carbocycles. The van der Waals surface area contributed by atoms with Gasteiger partial charge in [0.15, 0.2) is 0 Å². The first-order valence-corrected chi connectivity index (χ1v) is 9.11. The maximum atomic E-state index is 3.85. The maximum Gasteiger partial charge on any atom is 0.00684 e. The van der Waals surface area contributed by atoms with Gasteiger partial charge in [-0.05, 0) is 49.4 Å². The molecule has 1 N–H and O–H groups in total. The van der Waals surface area contributed by atoms with Crippen LogP contribution in [0.5, 0.6) is 0 Å². The molecule has 20 heavy (non-hydrogen) atoms. The Morgan fingerprint density at radius 3 is 2.25 bits per heavy atom. The zero-order chi connectivity index (χ0) is 14.0. The van der Waals surface area contributed by atoms with Crippen LogP contribution in [0.1, 0.15) is 65.2 Å². The first-order chi connectivity index (χ1) is 9.65. The molecular formula is C18H34N2. The number of hydrogen-bond acceptors (Lipinski definition) is 2. The van der Waals surface area contributed by atoms with E-state index in [9.17, 15) is 0 Å². The van der Waals surface area contributed by atoms with Crippen LogP contribution in [0.4, 0.5) is 0 Å². The molecule has 1 saturated heterocycles. The summed E-state index contributed by atoms with van der Waals surface area (Å²) >= 11 is 0. The molecule has 0 spiro atoms. The summed E-state index contributed by atoms with van der Waals surface area (Å²) in [5, 5.41) is 3.85. The van der Waals surface area contributed by atoms with E-state index in [-0.39, 0.29) is 0 Å². The van der Waals surface area contributed by atoms with E-state index in [1.165, 1.54) is 77.5 Å². The second-order valence-corrected chi connectivity index (χ2v) is 8.36. The van der Waals surface area contributed by atoms with Gasteiger partial charge in [-0.1, -0.05) is 33.1 Å². The summed E-state index contributed by atoms with van der Waals surface area (Å²) in [6.45, 7) is 10.2. The van der Waals surface area contributed by atoms with Gasteiger partial charge in [0.25, 0.3) is 0 Å². The maximum absolute atomic E-state index is 3.85. The molecule has 2 aliphatic carbocycles. The molecule has 0 amide bonds. The molecule has 2 atom stereocenters. The number of piperidine rings is 1. The van der Waals surface area contributed by atoms with Gasteiger partial charge in [0.2, 0.25) is 0 Å². The minimum absolute atomic E-state index is 0.595. The zero-order valence-corrected chi connectivity index (χ0v) is 13.7. The van der Waals surface area contributed by atoms with Crippen LogP contribution >= 0.6 is 0 Å². The molecular weight excluding hydrogens is 244 g/mol. The Morgan fingerprint density at radius 1 is 1.00 bits per heavy atom. The Balaban J connectivity index is 1.59. The normalized spacial score (nSPS) is 35.1. The zero-order valence-electron chi connectivity index (χ0n) is 13.7. The molecule has 1 heterocycles. The van der Waals surface area contributed by atoms with Gasteiger partial charge in [0, 0.05) is 32.2 Å². The second kappa shape index (κ2) is 6.36. The fourth-order valence-electron chi connectivity index (χ4n) is 4.74. The molecule has 0 radical (unpaired) electrons. The highest BCUT2D eigenvalue weighted by atomic mass is 15.1. The van der Waals surface area contributed by atoms with Crippen LogP contribution in [0.25, 0.3) is 0 Å². The van der Waals surface area contributed by atoms with Crippen LogP contribution in [0.15, 0.2) is 0 Å². The van der Waals surface area contributed by atoms with Crippen molar-refractivity contribution in [3.05, 3.63) is 0 Å². The van der Waals surface area contributed by atoms with Crippen molar-refractivity contribution in [1.82, 2.24) is 10.2 Å². The lowest BCUT2D eigenvalue weighted by molar-refractivity contribution is 0.0581. The van der Waals surface area contributed by atoms with Crippen LogP contribution in [0.2, 0.25) is 0 Å². The fourth-order valence-corrected chi connectivity index (χ4v) is 4.74. The highest BCUT2D eigenvalue weighted by molar-refractivity contribution is 4.92. The van der Waals surface area contributed by atoms with Gasteiger partial charge in [-0.3, -0.25) is 0 Å². The van der Waals surface area contributed by atoms with Gasteiger partial charge in [-0.2, -0.15) is 0 Å². The summed E-state index contributed by atoms with van der Waals surface area (Å²) in [5.74, 6) is 1.80. The third kappa shape index (κ3) is 3.98. The molecule has 0 bridgehead atoms. The monoisotopic (exact) mass is 278 g/mol. The van der Waals surface area contributed by atoms with Crippen molar-refractivity contribution in [2.45, 2.75) is 71.3 Å². The Hall–Kier alpha value is -0.0800. The molecule has 116 valence electrons. The topological polar surface area (TPSA) is 15.3 Å². The van der Waals surface area contributed by atoms with Gasteiger partial charge in [0.05, 0.1) is 0 Å². The molecule has 2 nitrogen and oxygen atoms in total. The molecule has 3 rings (SSSR count). The lowest BCUT2D eigenvalue weighted by Crippen LogP contribution is -2.49. The Labute approximate surface area is 125 Å². The van der Waals surface area contributed by atoms with E-state index >= 15 is 0 Å². The summed E-state index contributed by atoms with van der Waals surface area (Å²) in [6, 6.07) is 0.869. The number of hydrogen-bond donors (Lipinski definition) is 1. The van der Waals surface area contributed by atoms with Crippen LogP contribution < -0.4 is 5.32 Å². The molecule has 2 saturated carbocycles. The van der Waals surface area contributed by atoms with E-state index in [1.54, 1.807) is 0 Å². The predicted molar refractivity (Wildman–Crippen MR) is 85.9 cm³/mol. The third-order valence-corrected chi connectivity index (χ3v) is 5.76. The number of rotatable bonds is 5. The summed E-state index contributed by atoms with van der Waals surface area (Å²) in [6.07, 6.45) is 11.6. The van der Waals surface area contributed by atoms with E-state index in [4.69, 9.17) is 0 Å². The minimum atomic E-state index is 0.595. The van der Waals surface area contributed by atoms with E-state index in [0.717, 1.165) is 17.9 Å². The lowest BCUT2D eigenvalue weighted by Gasteiger charge is -2.45. The van der Waals surface area contributed by atoms with Gasteiger partial charge in [0.1, 0.15) is 0 Å². The standard InChI is InChI=1S/C18H34N2/c1-15-10-16(2)12-20(11-15)14-18(8-4-3-5-9-18)13-19-17-6-7-17/h15-17,19H,3-14H2,1-2H3. The largest absolute Gasteiger partial charge is 0.313 e. The quantitative estimate of drug-likeness (QED) is 0.825. The first kappa shape index (κ1) is 14.8. The molecule has 2 heteroatoms. The average Bonchev–Trinajstić information content (AvgIpc) is 3.20. The van der Waals surface area contributed by atoms with Gasteiger partial charge in [-0.15, -0.1) is 0 Å². The molecule has 0 aromatic rings. The lowest BCUT2D eigenvalue weighted by atomic mass is 9.73. The molecule has 1 aliphatic heterocycles. The van der Waals surface area contributed by atoms with Crippen LogP contribution in [-0.2, 0) is 0 Å². The predicted octanol–water partition coefficient (Wildman–Crippen LogP) is 3.67. The summed E-state index contributed by atoms with van der Waals surface area (Å²) in [4.78, 5) is 2.80. The number of nitrogens with one attached hydrogen (secondary N) is 1. The van der Waals surface area contributed by atoms with Crippen molar-refractivity contribution in [3.63, 3.8) is 0 Å². The van der Waals surface area contributed by atoms with Crippen molar-refractivity contribution in [3.8, 4) is 0 Å². The average molecular weight is 278 g/mol. The van der Waals surface area contributed by atoms with Crippen LogP contribution in [0.3, 0.4) is 0 Å². The summed E-state index contributed by atoms with van der Waals surface area (Å²) in [7, 11) is 0. The molecule has 2 unspecified atom stereocenters. The minimum Gasteiger partial charge on any atom is -0.313 e. The SMILES string of the molecule is CC1CC(C)CN(CC2(CNC3CC3)CCCCC2)C1. The smallest absolute Gasteiger partial charge is 0.00684 e. The van der Waals surface area contributed by atoms with E-state index < -0.39 is 0 Å². The van der Waals surface area contributed by atoms with Crippen molar-refractivity contribution >= 4 is 0 Å². The number of nitrogens with zero attached hydrogens (tertiary/aromatic N) is 1. The molecule has 0 aromatic heterocycles. The third-order valence-electron chi connectivity index (χ3n) is 5.76. The second-order valence-electron chi connectivity index (χ2n) is 8.36. The Morgan fingerprint density at radius 2 is 1.65 bits per heavy atom. The summed E-state index contributed by atoms with van der Waals surface area (Å²) < 4.78 is 0. The Kier molecular flexibility index (Phi) is 4.72. The van der Waals surface area contributed by atoms with Crippen molar-refractivity contribution < 1.29 is 0 Å². The first-order valence-electron chi connectivity index (χ1n) is 9.11.